The van der Waals surface area contributed by atoms with Crippen molar-refractivity contribution in [3.63, 3.8) is 0 Å². The molecule has 20 heavy (non-hydrogen) atoms. The van der Waals surface area contributed by atoms with Gasteiger partial charge in [0.25, 0.3) is 0 Å². The minimum absolute atomic E-state index is 0.157. The second-order valence-electron chi connectivity index (χ2n) is 6.42. The first-order chi connectivity index (χ1) is 9.57. The molecule has 1 aromatic rings. The Labute approximate surface area is 119 Å². The van der Waals surface area contributed by atoms with Crippen molar-refractivity contribution < 1.29 is 23.4 Å². The van der Waals surface area contributed by atoms with Gasteiger partial charge in [-0.05, 0) is 12.1 Å². The van der Waals surface area contributed by atoms with Crippen LogP contribution in [-0.4, -0.2) is 51.5 Å². The highest BCUT2D eigenvalue weighted by Crippen LogP contribution is 2.28. The summed E-state index contributed by atoms with van der Waals surface area (Å²) >= 11 is 0. The first-order valence-corrected chi connectivity index (χ1v) is 6.92. The van der Waals surface area contributed by atoms with Crippen LogP contribution in [0.2, 0.25) is 0 Å². The Bertz CT molecular complexity index is 429. The summed E-state index contributed by atoms with van der Waals surface area (Å²) in [6, 6.07) is 7.80. The second-order valence-corrected chi connectivity index (χ2v) is 6.42. The van der Waals surface area contributed by atoms with E-state index in [0.29, 0.717) is 26.8 Å². The molecule has 2 saturated heterocycles. The van der Waals surface area contributed by atoms with Crippen molar-refractivity contribution in [1.82, 2.24) is 0 Å². The van der Waals surface area contributed by atoms with E-state index in [9.17, 15) is 0 Å². The quantitative estimate of drug-likeness (QED) is 0.745. The van der Waals surface area contributed by atoms with Crippen LogP contribution in [0.1, 0.15) is 6.92 Å². The molecule has 0 aromatic heterocycles. The van der Waals surface area contributed by atoms with E-state index < -0.39 is 0 Å². The molecule has 0 saturated carbocycles. The maximum Gasteiger partial charge on any atom is 0.227 e. The maximum atomic E-state index is 5.84. The van der Waals surface area contributed by atoms with Crippen molar-refractivity contribution in [2.45, 2.75) is 6.92 Å². The van der Waals surface area contributed by atoms with Gasteiger partial charge in [0, 0.05) is 11.5 Å². The van der Waals surface area contributed by atoms with E-state index in [0.717, 1.165) is 29.2 Å². The molecule has 0 amide bonds. The van der Waals surface area contributed by atoms with Gasteiger partial charge < -0.3 is 14.2 Å². The highest BCUT2D eigenvalue weighted by molar-refractivity contribution is 5.32. The number of benzene rings is 1. The van der Waals surface area contributed by atoms with Crippen LogP contribution >= 0.6 is 0 Å². The van der Waals surface area contributed by atoms with Gasteiger partial charge in [-0.25, -0.2) is 4.48 Å². The summed E-state index contributed by atoms with van der Waals surface area (Å²) < 4.78 is 22.9. The van der Waals surface area contributed by atoms with E-state index in [1.165, 1.54) is 0 Å². The van der Waals surface area contributed by atoms with Gasteiger partial charge in [0.05, 0.1) is 26.9 Å². The first-order valence-electron chi connectivity index (χ1n) is 6.92. The average molecular weight is 280 g/mol. The van der Waals surface area contributed by atoms with Crippen molar-refractivity contribution in [1.29, 1.82) is 0 Å². The molecule has 0 N–H and O–H groups in total. The van der Waals surface area contributed by atoms with Crippen molar-refractivity contribution in [2.75, 3.05) is 47.1 Å². The van der Waals surface area contributed by atoms with Crippen LogP contribution in [0.15, 0.2) is 24.3 Å². The van der Waals surface area contributed by atoms with Crippen LogP contribution in [0, 0.1) is 5.41 Å². The molecule has 5 heteroatoms. The molecule has 1 aromatic carbocycles. The van der Waals surface area contributed by atoms with Crippen molar-refractivity contribution in [3.8, 4) is 11.5 Å². The molecule has 2 aliphatic heterocycles. The second kappa shape index (κ2) is 5.24. The fourth-order valence-corrected chi connectivity index (χ4v) is 2.15. The summed E-state index contributed by atoms with van der Waals surface area (Å²) in [4.78, 5) is 0. The first kappa shape index (κ1) is 13.7. The molecule has 0 unspecified atom stereocenters. The van der Waals surface area contributed by atoms with Gasteiger partial charge in [-0.2, -0.15) is 0 Å². The third-order valence-electron chi connectivity index (χ3n) is 3.64. The highest BCUT2D eigenvalue weighted by atomic mass is 16.6. The molecule has 0 radical (unpaired) electrons. The molecule has 0 spiro atoms. The zero-order valence-electron chi connectivity index (χ0n) is 12.1. The van der Waals surface area contributed by atoms with Crippen molar-refractivity contribution >= 4 is 0 Å². The molecule has 0 atom stereocenters. The Morgan fingerprint density at radius 2 is 1.85 bits per heavy atom. The molecule has 0 aliphatic carbocycles. The Hall–Kier alpha value is -1.30. The SMILES string of the molecule is CC1(COc2cccc(OC[N+]3(C)COC3)c2)COC1. The zero-order valence-corrected chi connectivity index (χ0v) is 12.1. The van der Waals surface area contributed by atoms with E-state index in [4.69, 9.17) is 18.9 Å². The monoisotopic (exact) mass is 280 g/mol. The van der Waals surface area contributed by atoms with Gasteiger partial charge >= 0.3 is 0 Å². The average Bonchev–Trinajstić information content (AvgIpc) is 2.39. The molecular formula is C15H22NO4+. The maximum absolute atomic E-state index is 5.84. The number of rotatable bonds is 6. The Morgan fingerprint density at radius 3 is 2.40 bits per heavy atom. The lowest BCUT2D eigenvalue weighted by Gasteiger charge is -2.39. The smallest absolute Gasteiger partial charge is 0.227 e. The lowest BCUT2D eigenvalue weighted by atomic mass is 9.90. The summed E-state index contributed by atoms with van der Waals surface area (Å²) in [5, 5.41) is 0. The Balaban J connectivity index is 1.52. The minimum atomic E-state index is 0.157. The third kappa shape index (κ3) is 3.06. The Morgan fingerprint density at radius 1 is 1.15 bits per heavy atom. The standard InChI is InChI=1S/C15H22NO4/c1-15(7-17-8-15)9-19-13-4-3-5-14(6-13)20-12-16(2)10-18-11-16/h3-6H,7-12H2,1-2H3/q+1. The number of hydrogen-bond acceptors (Lipinski definition) is 4. The zero-order chi connectivity index (χ0) is 14.1. The lowest BCUT2D eigenvalue weighted by molar-refractivity contribution is -1.02. The fraction of sp³-hybridized carbons (Fsp3) is 0.600. The van der Waals surface area contributed by atoms with E-state index >= 15 is 0 Å². The Kier molecular flexibility index (Phi) is 3.58. The summed E-state index contributed by atoms with van der Waals surface area (Å²) in [7, 11) is 2.11. The van der Waals surface area contributed by atoms with Crippen LogP contribution in [0.4, 0.5) is 0 Å². The lowest BCUT2D eigenvalue weighted by Crippen LogP contribution is -2.58. The molecule has 2 fully saturated rings. The number of hydrogen-bond donors (Lipinski definition) is 0. The molecule has 3 rings (SSSR count). The van der Waals surface area contributed by atoms with Gasteiger partial charge in [-0.3, -0.25) is 4.74 Å². The van der Waals surface area contributed by atoms with Gasteiger partial charge in [0.2, 0.25) is 6.73 Å². The summed E-state index contributed by atoms with van der Waals surface area (Å²) in [5.74, 6) is 1.68. The van der Waals surface area contributed by atoms with Crippen molar-refractivity contribution in [2.24, 2.45) is 5.41 Å². The predicted molar refractivity (Wildman–Crippen MR) is 73.4 cm³/mol. The fourth-order valence-electron chi connectivity index (χ4n) is 2.15. The predicted octanol–water partition coefficient (Wildman–Crippen LogP) is 1.83. The largest absolute Gasteiger partial charge is 0.493 e. The topological polar surface area (TPSA) is 36.9 Å². The van der Waals surface area contributed by atoms with Gasteiger partial charge in [-0.1, -0.05) is 13.0 Å². The molecular weight excluding hydrogens is 258 g/mol. The number of nitrogens with zero attached hydrogens (tertiary/aromatic N) is 1. The number of quaternary nitrogens is 1. The minimum Gasteiger partial charge on any atom is -0.493 e. The molecule has 110 valence electrons. The van der Waals surface area contributed by atoms with E-state index in [1.807, 2.05) is 24.3 Å². The normalized spacial score (nSPS) is 22.5. The molecule has 2 aliphatic rings. The van der Waals surface area contributed by atoms with Crippen LogP contribution in [0.5, 0.6) is 11.5 Å². The van der Waals surface area contributed by atoms with Crippen LogP contribution in [-0.2, 0) is 9.47 Å². The number of ether oxygens (including phenoxy) is 4. The van der Waals surface area contributed by atoms with Crippen LogP contribution in [0.3, 0.4) is 0 Å². The van der Waals surface area contributed by atoms with E-state index in [1.54, 1.807) is 0 Å². The third-order valence-corrected chi connectivity index (χ3v) is 3.64. The van der Waals surface area contributed by atoms with Gasteiger partial charge in [0.15, 0.2) is 13.5 Å². The summed E-state index contributed by atoms with van der Waals surface area (Å²) in [6.07, 6.45) is 0. The van der Waals surface area contributed by atoms with Gasteiger partial charge in [-0.15, -0.1) is 0 Å². The van der Waals surface area contributed by atoms with E-state index in [-0.39, 0.29) is 5.41 Å². The highest BCUT2D eigenvalue weighted by Gasteiger charge is 2.34. The van der Waals surface area contributed by atoms with E-state index in [2.05, 4.69) is 14.0 Å². The molecule has 0 bridgehead atoms. The molecule has 2 heterocycles. The van der Waals surface area contributed by atoms with Crippen molar-refractivity contribution in [3.05, 3.63) is 24.3 Å². The summed E-state index contributed by atoms with van der Waals surface area (Å²) in [5.41, 5.74) is 0.157. The van der Waals surface area contributed by atoms with Crippen LogP contribution in [0.25, 0.3) is 0 Å². The van der Waals surface area contributed by atoms with Gasteiger partial charge in [0.1, 0.15) is 11.5 Å². The van der Waals surface area contributed by atoms with Crippen LogP contribution < -0.4 is 9.47 Å². The molecule has 5 nitrogen and oxygen atoms in total. The summed E-state index contributed by atoms with van der Waals surface area (Å²) in [6.45, 7) is 6.46.